The molecule has 1 N–H and O–H groups in total. The van der Waals surface area contributed by atoms with Gasteiger partial charge in [0.2, 0.25) is 0 Å². The van der Waals surface area contributed by atoms with E-state index in [0.29, 0.717) is 10.7 Å². The van der Waals surface area contributed by atoms with Crippen LogP contribution in [0, 0.1) is 10.2 Å². The van der Waals surface area contributed by atoms with Crippen molar-refractivity contribution in [3.05, 3.63) is 40.9 Å². The van der Waals surface area contributed by atoms with Crippen molar-refractivity contribution in [1.82, 2.24) is 14.8 Å². The maximum absolute atomic E-state index is 5.44. The largest absolute Gasteiger partial charge is 0.272 e. The highest BCUT2D eigenvalue weighted by Crippen LogP contribution is 2.46. The first kappa shape index (κ1) is 13.6. The molecule has 20 heavy (non-hydrogen) atoms. The lowest BCUT2D eigenvalue weighted by molar-refractivity contribution is 0.190. The number of rotatable bonds is 2. The molecule has 0 saturated heterocycles. The van der Waals surface area contributed by atoms with E-state index in [4.69, 9.17) is 12.2 Å². The third-order valence-corrected chi connectivity index (χ3v) is 4.81. The number of benzene rings is 1. The van der Waals surface area contributed by atoms with Gasteiger partial charge in [-0.1, -0.05) is 44.9 Å². The average Bonchev–Trinajstić information content (AvgIpc) is 2.81. The number of aromatic amines is 1. The Bertz CT molecular complexity index is 639. The Morgan fingerprint density at radius 2 is 2.00 bits per heavy atom. The number of H-pyrrole nitrogens is 1. The first-order valence-electron chi connectivity index (χ1n) is 7.32. The molecule has 3 rings (SSSR count). The van der Waals surface area contributed by atoms with Gasteiger partial charge < -0.3 is 0 Å². The summed E-state index contributed by atoms with van der Waals surface area (Å²) in [5, 5.41) is 7.54. The van der Waals surface area contributed by atoms with Gasteiger partial charge in [-0.05, 0) is 42.6 Å². The zero-order chi connectivity index (χ0) is 14.2. The predicted molar refractivity (Wildman–Crippen MR) is 83.7 cm³/mol. The highest BCUT2D eigenvalue weighted by Gasteiger charge is 2.36. The molecular weight excluding hydrogens is 266 g/mol. The number of nitrogens with zero attached hydrogens (tertiary/aromatic N) is 2. The first-order chi connectivity index (χ1) is 9.59. The third kappa shape index (κ3) is 2.33. The maximum atomic E-state index is 5.44. The van der Waals surface area contributed by atoms with Crippen molar-refractivity contribution in [3.63, 3.8) is 0 Å². The average molecular weight is 287 g/mol. The van der Waals surface area contributed by atoms with Gasteiger partial charge in [0.05, 0.1) is 0 Å². The number of hydrogen-bond donors (Lipinski definition) is 1. The Morgan fingerprint density at radius 3 is 2.70 bits per heavy atom. The molecule has 1 fully saturated rings. The molecule has 2 aromatic rings. The Balaban J connectivity index is 2.10. The fourth-order valence-corrected chi connectivity index (χ4v) is 3.59. The lowest BCUT2D eigenvalue weighted by Gasteiger charge is -2.38. The van der Waals surface area contributed by atoms with Gasteiger partial charge in [0.15, 0.2) is 4.77 Å². The van der Waals surface area contributed by atoms with Crippen LogP contribution >= 0.6 is 12.2 Å². The van der Waals surface area contributed by atoms with Crippen LogP contribution in [0.3, 0.4) is 0 Å². The number of nitrogens with one attached hydrogen (secondary N) is 1. The molecule has 1 aliphatic rings. The van der Waals surface area contributed by atoms with Gasteiger partial charge >= 0.3 is 0 Å². The second-order valence-electron chi connectivity index (χ2n) is 6.34. The third-order valence-electron chi connectivity index (χ3n) is 4.53. The molecule has 1 unspecified atom stereocenters. The minimum atomic E-state index is 0.283. The summed E-state index contributed by atoms with van der Waals surface area (Å²) in [6, 6.07) is 10.3. The summed E-state index contributed by atoms with van der Waals surface area (Å²) in [7, 11) is 0. The fraction of sp³-hybridized carbons (Fsp3) is 0.500. The van der Waals surface area contributed by atoms with Crippen LogP contribution in [-0.4, -0.2) is 14.8 Å². The molecule has 1 aromatic heterocycles. The number of aromatic nitrogens is 3. The monoisotopic (exact) mass is 287 g/mol. The lowest BCUT2D eigenvalue weighted by Crippen LogP contribution is -2.28. The quantitative estimate of drug-likeness (QED) is 0.818. The van der Waals surface area contributed by atoms with E-state index < -0.39 is 0 Å². The van der Waals surface area contributed by atoms with Crippen molar-refractivity contribution in [2.75, 3.05) is 0 Å². The molecule has 0 spiro atoms. The van der Waals surface area contributed by atoms with Gasteiger partial charge in [-0.15, -0.1) is 0 Å². The van der Waals surface area contributed by atoms with Gasteiger partial charge in [0.1, 0.15) is 5.82 Å². The molecule has 0 aliphatic heterocycles. The maximum Gasteiger partial charge on any atom is 0.199 e. The van der Waals surface area contributed by atoms with E-state index >= 15 is 0 Å². The van der Waals surface area contributed by atoms with Gasteiger partial charge in [0.25, 0.3) is 0 Å². The molecule has 4 heteroatoms. The topological polar surface area (TPSA) is 33.6 Å². The molecule has 3 nitrogen and oxygen atoms in total. The highest BCUT2D eigenvalue weighted by molar-refractivity contribution is 7.71. The van der Waals surface area contributed by atoms with E-state index in [1.54, 1.807) is 0 Å². The van der Waals surface area contributed by atoms with E-state index in [-0.39, 0.29) is 5.41 Å². The van der Waals surface area contributed by atoms with Crippen molar-refractivity contribution >= 4 is 12.2 Å². The SMILES string of the molecule is CC1(C)CCCCC1c1n[nH]c(=S)n1-c1ccccc1. The van der Waals surface area contributed by atoms with Gasteiger partial charge in [0, 0.05) is 11.6 Å². The Hall–Kier alpha value is -1.42. The summed E-state index contributed by atoms with van der Waals surface area (Å²) in [6.45, 7) is 4.70. The molecule has 1 atom stereocenters. The highest BCUT2D eigenvalue weighted by atomic mass is 32.1. The zero-order valence-electron chi connectivity index (χ0n) is 12.1. The summed E-state index contributed by atoms with van der Waals surface area (Å²) in [5.74, 6) is 1.55. The normalized spacial score (nSPS) is 21.8. The smallest absolute Gasteiger partial charge is 0.199 e. The molecule has 106 valence electrons. The lowest BCUT2D eigenvalue weighted by atomic mass is 9.68. The van der Waals surface area contributed by atoms with E-state index in [0.717, 1.165) is 11.5 Å². The summed E-state index contributed by atoms with van der Waals surface area (Å²) in [4.78, 5) is 0. The molecular formula is C16H21N3S. The summed E-state index contributed by atoms with van der Waals surface area (Å²) in [6.07, 6.45) is 5.05. The standard InChI is InChI=1S/C16H21N3S/c1-16(2)11-7-6-10-13(16)14-17-18-15(20)19(14)12-8-4-3-5-9-12/h3-5,8-9,13H,6-7,10-11H2,1-2H3,(H,18,20). The molecule has 1 aromatic carbocycles. The van der Waals surface area contributed by atoms with Crippen LogP contribution in [0.1, 0.15) is 51.3 Å². The molecule has 1 aliphatic carbocycles. The van der Waals surface area contributed by atoms with Crippen molar-refractivity contribution in [1.29, 1.82) is 0 Å². The van der Waals surface area contributed by atoms with Crippen LogP contribution in [0.5, 0.6) is 0 Å². The van der Waals surface area contributed by atoms with Crippen LogP contribution in [0.2, 0.25) is 0 Å². The Labute approximate surface area is 125 Å². The van der Waals surface area contributed by atoms with E-state index in [1.807, 2.05) is 18.2 Å². The van der Waals surface area contributed by atoms with Crippen LogP contribution < -0.4 is 0 Å². The van der Waals surface area contributed by atoms with Crippen LogP contribution in [0.15, 0.2) is 30.3 Å². The van der Waals surface area contributed by atoms with Gasteiger partial charge in [-0.3, -0.25) is 9.67 Å². The summed E-state index contributed by atoms with van der Waals surface area (Å²) in [5.41, 5.74) is 1.38. The second kappa shape index (κ2) is 5.17. The molecule has 0 bridgehead atoms. The van der Waals surface area contributed by atoms with Gasteiger partial charge in [-0.25, -0.2) is 0 Å². The van der Waals surface area contributed by atoms with Crippen LogP contribution in [0.25, 0.3) is 5.69 Å². The first-order valence-corrected chi connectivity index (χ1v) is 7.73. The molecule has 1 saturated carbocycles. The van der Waals surface area contributed by atoms with Crippen molar-refractivity contribution < 1.29 is 0 Å². The number of hydrogen-bond acceptors (Lipinski definition) is 2. The van der Waals surface area contributed by atoms with Crippen LogP contribution in [0.4, 0.5) is 0 Å². The van der Waals surface area contributed by atoms with Gasteiger partial charge in [-0.2, -0.15) is 5.10 Å². The second-order valence-corrected chi connectivity index (χ2v) is 6.73. The summed E-state index contributed by atoms with van der Waals surface area (Å²) < 4.78 is 2.79. The van der Waals surface area contributed by atoms with Crippen molar-refractivity contribution in [2.45, 2.75) is 45.4 Å². The van der Waals surface area contributed by atoms with Crippen molar-refractivity contribution in [3.8, 4) is 5.69 Å². The molecule has 0 radical (unpaired) electrons. The minimum Gasteiger partial charge on any atom is -0.272 e. The van der Waals surface area contributed by atoms with E-state index in [2.05, 4.69) is 40.7 Å². The number of para-hydroxylation sites is 1. The van der Waals surface area contributed by atoms with Crippen molar-refractivity contribution in [2.24, 2.45) is 5.41 Å². The van der Waals surface area contributed by atoms with E-state index in [9.17, 15) is 0 Å². The fourth-order valence-electron chi connectivity index (χ4n) is 3.34. The predicted octanol–water partition coefficient (Wildman–Crippen LogP) is 4.61. The Morgan fingerprint density at radius 1 is 1.25 bits per heavy atom. The van der Waals surface area contributed by atoms with Crippen LogP contribution in [-0.2, 0) is 0 Å². The molecule has 0 amide bonds. The molecule has 1 heterocycles. The Kier molecular flexibility index (Phi) is 3.50. The minimum absolute atomic E-state index is 0.283. The zero-order valence-corrected chi connectivity index (χ0v) is 12.9. The van der Waals surface area contributed by atoms with E-state index in [1.165, 1.54) is 25.7 Å². The summed E-state index contributed by atoms with van der Waals surface area (Å²) >= 11 is 5.44.